The molecular weight excluding hydrogens is 412 g/mol. The van der Waals surface area contributed by atoms with Crippen molar-refractivity contribution in [3.05, 3.63) is 53.1 Å². The van der Waals surface area contributed by atoms with Gasteiger partial charge in [0.2, 0.25) is 0 Å². The van der Waals surface area contributed by atoms with Crippen LogP contribution in [0.1, 0.15) is 31.2 Å². The number of ether oxygens (including phenoxy) is 1. The van der Waals surface area contributed by atoms with Crippen LogP contribution in [0, 0.1) is 0 Å². The number of nitrogens with zero attached hydrogens (tertiary/aromatic N) is 1. The zero-order valence-corrected chi connectivity index (χ0v) is 17.5. The lowest BCUT2D eigenvalue weighted by molar-refractivity contribution is -0.123. The van der Waals surface area contributed by atoms with Crippen LogP contribution in [0.4, 0.5) is 5.69 Å². The Balaban J connectivity index is 1.45. The summed E-state index contributed by atoms with van der Waals surface area (Å²) in [5, 5.41) is 3.10. The molecule has 0 aromatic heterocycles. The van der Waals surface area contributed by atoms with E-state index in [2.05, 4.69) is 5.32 Å². The van der Waals surface area contributed by atoms with Gasteiger partial charge >= 0.3 is 0 Å². The third-order valence-electron chi connectivity index (χ3n) is 5.41. The van der Waals surface area contributed by atoms with E-state index in [-0.39, 0.29) is 34.2 Å². The van der Waals surface area contributed by atoms with Gasteiger partial charge in [0.25, 0.3) is 15.9 Å². The Bertz CT molecular complexity index is 1020. The Morgan fingerprint density at radius 1 is 1.17 bits per heavy atom. The minimum atomic E-state index is -3.72. The maximum absolute atomic E-state index is 13.1. The molecule has 0 radical (unpaired) electrons. The lowest BCUT2D eigenvalue weighted by Crippen LogP contribution is -2.36. The van der Waals surface area contributed by atoms with Crippen molar-refractivity contribution < 1.29 is 17.9 Å². The van der Waals surface area contributed by atoms with E-state index in [1.807, 2.05) is 24.3 Å². The van der Waals surface area contributed by atoms with Gasteiger partial charge in [-0.3, -0.25) is 9.10 Å². The molecule has 2 aliphatic rings. The van der Waals surface area contributed by atoms with Crippen molar-refractivity contribution in [3.8, 4) is 5.75 Å². The van der Waals surface area contributed by atoms with E-state index in [1.54, 1.807) is 0 Å². The minimum Gasteiger partial charge on any atom is -0.482 e. The number of hydrogen-bond donors (Lipinski definition) is 1. The number of carbonyl (C=O) groups is 1. The van der Waals surface area contributed by atoms with Gasteiger partial charge in [-0.2, -0.15) is 0 Å². The Morgan fingerprint density at radius 3 is 2.69 bits per heavy atom. The summed E-state index contributed by atoms with van der Waals surface area (Å²) in [6.45, 7) is 0.251. The number of amides is 1. The third-order valence-corrected chi connectivity index (χ3v) is 7.52. The monoisotopic (exact) mass is 434 g/mol. The molecule has 6 nitrogen and oxygen atoms in total. The van der Waals surface area contributed by atoms with E-state index < -0.39 is 10.0 Å². The van der Waals surface area contributed by atoms with Crippen LogP contribution < -0.4 is 14.4 Å². The summed E-state index contributed by atoms with van der Waals surface area (Å²) in [6, 6.07) is 12.0. The molecule has 0 saturated heterocycles. The number of para-hydroxylation sites is 1. The van der Waals surface area contributed by atoms with Gasteiger partial charge in [0.05, 0.1) is 15.6 Å². The SMILES string of the molecule is O=C(COc1ccc(S(=O)(=O)N2CCc3ccccc32)cc1Cl)NC1CCCC1. The second-order valence-corrected chi connectivity index (χ2v) is 9.66. The highest BCUT2D eigenvalue weighted by Crippen LogP contribution is 2.35. The molecule has 2 aromatic carbocycles. The summed E-state index contributed by atoms with van der Waals surface area (Å²) in [6.07, 6.45) is 4.95. The first-order valence-electron chi connectivity index (χ1n) is 9.77. The molecule has 1 saturated carbocycles. The van der Waals surface area contributed by atoms with Gasteiger partial charge in [0, 0.05) is 12.6 Å². The van der Waals surface area contributed by atoms with E-state index in [1.165, 1.54) is 22.5 Å². The molecular formula is C21H23ClN2O4S. The second-order valence-electron chi connectivity index (χ2n) is 7.39. The summed E-state index contributed by atoms with van der Waals surface area (Å²) >= 11 is 6.26. The lowest BCUT2D eigenvalue weighted by atomic mass is 10.2. The molecule has 0 unspecified atom stereocenters. The summed E-state index contributed by atoms with van der Waals surface area (Å²) in [5.41, 5.74) is 1.71. The highest BCUT2D eigenvalue weighted by molar-refractivity contribution is 7.92. The van der Waals surface area contributed by atoms with E-state index >= 15 is 0 Å². The average molecular weight is 435 g/mol. The fourth-order valence-corrected chi connectivity index (χ4v) is 5.76. The highest BCUT2D eigenvalue weighted by Gasteiger charge is 2.31. The Hall–Kier alpha value is -2.25. The standard InChI is InChI=1S/C21H23ClN2O4S/c22-18-13-17(29(26,27)24-12-11-15-5-1-4-8-19(15)24)9-10-20(18)28-14-21(25)23-16-6-2-3-7-16/h1,4-5,8-10,13,16H,2-3,6-7,11-12,14H2,(H,23,25). The molecule has 154 valence electrons. The number of halogens is 1. The maximum Gasteiger partial charge on any atom is 0.264 e. The molecule has 1 N–H and O–H groups in total. The molecule has 29 heavy (non-hydrogen) atoms. The normalized spacial score (nSPS) is 16.7. The number of hydrogen-bond acceptors (Lipinski definition) is 4. The van der Waals surface area contributed by atoms with Crippen LogP contribution in [0.15, 0.2) is 47.4 Å². The van der Waals surface area contributed by atoms with Gasteiger partial charge in [-0.25, -0.2) is 8.42 Å². The molecule has 0 bridgehead atoms. The van der Waals surface area contributed by atoms with Crippen molar-refractivity contribution in [1.82, 2.24) is 5.32 Å². The van der Waals surface area contributed by atoms with Crippen LogP contribution in [0.2, 0.25) is 5.02 Å². The van der Waals surface area contributed by atoms with Crippen molar-refractivity contribution in [2.75, 3.05) is 17.5 Å². The van der Waals surface area contributed by atoms with E-state index in [9.17, 15) is 13.2 Å². The van der Waals surface area contributed by atoms with Crippen LogP contribution in [0.3, 0.4) is 0 Å². The van der Waals surface area contributed by atoms with Crippen LogP contribution >= 0.6 is 11.6 Å². The van der Waals surface area contributed by atoms with Crippen molar-refractivity contribution in [2.45, 2.75) is 43.0 Å². The first-order chi connectivity index (χ1) is 13.9. The van der Waals surface area contributed by atoms with Gasteiger partial charge in [0.15, 0.2) is 6.61 Å². The molecule has 1 aliphatic carbocycles. The topological polar surface area (TPSA) is 75.7 Å². The van der Waals surface area contributed by atoms with Gasteiger partial charge in [-0.1, -0.05) is 42.6 Å². The largest absolute Gasteiger partial charge is 0.482 e. The number of sulfonamides is 1. The molecule has 1 amide bonds. The van der Waals surface area contributed by atoms with Crippen LogP contribution in [0.25, 0.3) is 0 Å². The smallest absolute Gasteiger partial charge is 0.264 e. The summed E-state index contributed by atoms with van der Waals surface area (Å²) < 4.78 is 33.1. The first kappa shape index (κ1) is 20.0. The molecule has 2 aromatic rings. The number of rotatable bonds is 6. The molecule has 1 fully saturated rings. The average Bonchev–Trinajstić information content (AvgIpc) is 3.36. The van der Waals surface area contributed by atoms with Gasteiger partial charge < -0.3 is 10.1 Å². The fourth-order valence-electron chi connectivity index (χ4n) is 3.93. The third kappa shape index (κ3) is 4.21. The van der Waals surface area contributed by atoms with Crippen LogP contribution in [-0.4, -0.2) is 33.5 Å². The van der Waals surface area contributed by atoms with E-state index in [0.717, 1.165) is 31.2 Å². The number of nitrogens with one attached hydrogen (secondary N) is 1. The molecule has 1 heterocycles. The Labute approximate surface area is 175 Å². The van der Waals surface area contributed by atoms with Crippen LogP contribution in [0.5, 0.6) is 5.75 Å². The van der Waals surface area contributed by atoms with Gasteiger partial charge in [0.1, 0.15) is 5.75 Å². The number of fused-ring (bicyclic) bond motifs is 1. The predicted molar refractivity (Wildman–Crippen MR) is 112 cm³/mol. The quantitative estimate of drug-likeness (QED) is 0.754. The van der Waals surface area contributed by atoms with Gasteiger partial charge in [-0.15, -0.1) is 0 Å². The van der Waals surface area contributed by atoms with Crippen molar-refractivity contribution in [2.24, 2.45) is 0 Å². The zero-order chi connectivity index (χ0) is 20.4. The first-order valence-corrected chi connectivity index (χ1v) is 11.6. The molecule has 8 heteroatoms. The molecule has 4 rings (SSSR count). The summed E-state index contributed by atoms with van der Waals surface area (Å²) in [7, 11) is -3.72. The van der Waals surface area contributed by atoms with Crippen molar-refractivity contribution >= 4 is 33.2 Å². The van der Waals surface area contributed by atoms with E-state index in [0.29, 0.717) is 18.7 Å². The minimum absolute atomic E-state index is 0.0990. The summed E-state index contributed by atoms with van der Waals surface area (Å²) in [4.78, 5) is 12.1. The maximum atomic E-state index is 13.1. The highest BCUT2D eigenvalue weighted by atomic mass is 35.5. The molecule has 1 aliphatic heterocycles. The number of benzene rings is 2. The Kier molecular flexibility index (Phi) is 5.69. The summed E-state index contributed by atoms with van der Waals surface area (Å²) in [5.74, 6) is 0.0901. The second kappa shape index (κ2) is 8.24. The Morgan fingerprint density at radius 2 is 1.93 bits per heavy atom. The predicted octanol–water partition coefficient (Wildman–Crippen LogP) is 3.53. The van der Waals surface area contributed by atoms with Crippen molar-refractivity contribution in [3.63, 3.8) is 0 Å². The van der Waals surface area contributed by atoms with Crippen molar-refractivity contribution in [1.29, 1.82) is 0 Å². The van der Waals surface area contributed by atoms with E-state index in [4.69, 9.17) is 16.3 Å². The lowest BCUT2D eigenvalue weighted by Gasteiger charge is -2.20. The van der Waals surface area contributed by atoms with Gasteiger partial charge in [-0.05, 0) is 49.1 Å². The molecule has 0 atom stereocenters. The fraction of sp³-hybridized carbons (Fsp3) is 0.381. The number of anilines is 1. The van der Waals surface area contributed by atoms with Crippen LogP contribution in [-0.2, 0) is 21.2 Å². The molecule has 0 spiro atoms. The zero-order valence-electron chi connectivity index (χ0n) is 15.9. The number of carbonyl (C=O) groups excluding carboxylic acids is 1.